The molecule has 0 heterocycles. The highest BCUT2D eigenvalue weighted by Gasteiger charge is 2.24. The van der Waals surface area contributed by atoms with Crippen molar-refractivity contribution in [1.29, 1.82) is 0 Å². The minimum Gasteiger partial charge on any atom is -0.481 e. The van der Waals surface area contributed by atoms with Gasteiger partial charge in [0.1, 0.15) is 0 Å². The molecule has 1 aromatic carbocycles. The minimum atomic E-state index is -0.906. The fraction of sp³-hybridized carbons (Fsp3) is 0.400. The number of urea groups is 1. The van der Waals surface area contributed by atoms with E-state index in [2.05, 4.69) is 16.0 Å². The Morgan fingerprint density at radius 2 is 2.00 bits per heavy atom. The molecule has 0 atom stereocenters. The third-order valence-electron chi connectivity index (χ3n) is 3.23. The van der Waals surface area contributed by atoms with Gasteiger partial charge in [0.05, 0.1) is 10.6 Å². The Morgan fingerprint density at radius 1 is 1.26 bits per heavy atom. The molecule has 1 aliphatic carbocycles. The van der Waals surface area contributed by atoms with E-state index < -0.39 is 12.0 Å². The van der Waals surface area contributed by atoms with Crippen LogP contribution in [0.1, 0.15) is 36.0 Å². The quantitative estimate of drug-likeness (QED) is 0.571. The highest BCUT2D eigenvalue weighted by Crippen LogP contribution is 2.23. The summed E-state index contributed by atoms with van der Waals surface area (Å²) in [6.45, 7) is 0.251. The van der Waals surface area contributed by atoms with Crippen LogP contribution in [-0.2, 0) is 4.79 Å². The second kappa shape index (κ2) is 7.82. The van der Waals surface area contributed by atoms with E-state index in [0.717, 1.165) is 12.8 Å². The Balaban J connectivity index is 1.88. The summed E-state index contributed by atoms with van der Waals surface area (Å²) in [6, 6.07) is 4.40. The van der Waals surface area contributed by atoms with Gasteiger partial charge in [-0.05, 0) is 37.5 Å². The van der Waals surface area contributed by atoms with Gasteiger partial charge in [-0.15, -0.1) is 0 Å². The lowest BCUT2D eigenvalue weighted by Gasteiger charge is -2.10. The number of rotatable bonds is 7. The maximum absolute atomic E-state index is 12.0. The van der Waals surface area contributed by atoms with E-state index in [4.69, 9.17) is 16.7 Å². The van der Waals surface area contributed by atoms with Crippen molar-refractivity contribution in [1.82, 2.24) is 10.6 Å². The third kappa shape index (κ3) is 5.78. The molecule has 0 aliphatic heterocycles. The summed E-state index contributed by atoms with van der Waals surface area (Å²) in [7, 11) is 0. The third-order valence-corrected chi connectivity index (χ3v) is 3.56. The van der Waals surface area contributed by atoms with Crippen LogP contribution >= 0.6 is 11.6 Å². The summed E-state index contributed by atoms with van der Waals surface area (Å²) in [6.07, 6.45) is 2.28. The monoisotopic (exact) mass is 339 g/mol. The van der Waals surface area contributed by atoms with Crippen molar-refractivity contribution in [2.75, 3.05) is 11.9 Å². The standard InChI is InChI=1S/C15H18ClN3O4/c16-12-6-5-10(8-11(12)14(22)18-9-3-4-9)19-15(23)17-7-1-2-13(20)21/h5-6,8-9H,1-4,7H2,(H,18,22)(H,20,21)(H2,17,19,23). The van der Waals surface area contributed by atoms with E-state index >= 15 is 0 Å². The summed E-state index contributed by atoms with van der Waals surface area (Å²) in [5.41, 5.74) is 0.744. The fourth-order valence-corrected chi connectivity index (χ4v) is 2.09. The Bertz CT molecular complexity index is 617. The average molecular weight is 340 g/mol. The molecule has 4 N–H and O–H groups in total. The number of nitrogens with one attached hydrogen (secondary N) is 3. The van der Waals surface area contributed by atoms with Crippen molar-refractivity contribution in [3.8, 4) is 0 Å². The lowest BCUT2D eigenvalue weighted by atomic mass is 10.2. The zero-order valence-electron chi connectivity index (χ0n) is 12.4. The van der Waals surface area contributed by atoms with E-state index in [-0.39, 0.29) is 24.9 Å². The molecule has 8 heteroatoms. The zero-order chi connectivity index (χ0) is 16.8. The van der Waals surface area contributed by atoms with Crippen LogP contribution in [-0.4, -0.2) is 35.6 Å². The maximum Gasteiger partial charge on any atom is 0.319 e. The zero-order valence-corrected chi connectivity index (χ0v) is 13.2. The summed E-state index contributed by atoms with van der Waals surface area (Å²) >= 11 is 6.02. The highest BCUT2D eigenvalue weighted by atomic mass is 35.5. The molecule has 1 fully saturated rings. The Kier molecular flexibility index (Phi) is 5.81. The first kappa shape index (κ1) is 17.1. The van der Waals surface area contributed by atoms with Gasteiger partial charge in [-0.1, -0.05) is 11.6 Å². The number of amides is 3. The molecular weight excluding hydrogens is 322 g/mol. The van der Waals surface area contributed by atoms with Crippen LogP contribution in [0, 0.1) is 0 Å². The molecule has 3 amide bonds. The first-order chi connectivity index (χ1) is 11.0. The number of anilines is 1. The number of hydrogen-bond acceptors (Lipinski definition) is 3. The van der Waals surface area contributed by atoms with Crippen molar-refractivity contribution >= 4 is 35.2 Å². The fourth-order valence-electron chi connectivity index (χ4n) is 1.88. The van der Waals surface area contributed by atoms with Gasteiger partial charge in [-0.3, -0.25) is 9.59 Å². The van der Waals surface area contributed by atoms with Crippen molar-refractivity contribution in [3.63, 3.8) is 0 Å². The molecule has 0 spiro atoms. The van der Waals surface area contributed by atoms with Crippen molar-refractivity contribution in [2.45, 2.75) is 31.7 Å². The molecule has 0 unspecified atom stereocenters. The Morgan fingerprint density at radius 3 is 2.65 bits per heavy atom. The minimum absolute atomic E-state index is 0.00723. The molecule has 0 bridgehead atoms. The largest absolute Gasteiger partial charge is 0.481 e. The van der Waals surface area contributed by atoms with Gasteiger partial charge in [0.15, 0.2) is 0 Å². The summed E-state index contributed by atoms with van der Waals surface area (Å²) in [5, 5.41) is 16.8. The van der Waals surface area contributed by atoms with E-state index in [1.807, 2.05) is 0 Å². The Labute approximate surface area is 138 Å². The number of carbonyl (C=O) groups excluding carboxylic acids is 2. The number of halogens is 1. The molecule has 7 nitrogen and oxygen atoms in total. The van der Waals surface area contributed by atoms with E-state index in [0.29, 0.717) is 22.7 Å². The topological polar surface area (TPSA) is 108 Å². The van der Waals surface area contributed by atoms with E-state index in [1.165, 1.54) is 6.07 Å². The van der Waals surface area contributed by atoms with Crippen LogP contribution in [0.5, 0.6) is 0 Å². The molecule has 124 valence electrons. The second-order valence-corrected chi connectivity index (χ2v) is 5.73. The SMILES string of the molecule is O=C(O)CCCNC(=O)Nc1ccc(Cl)c(C(=O)NC2CC2)c1. The lowest BCUT2D eigenvalue weighted by Crippen LogP contribution is -2.30. The molecule has 2 rings (SSSR count). The van der Waals surface area contributed by atoms with Gasteiger partial charge in [0.25, 0.3) is 5.91 Å². The van der Waals surface area contributed by atoms with Gasteiger partial charge in [-0.25, -0.2) is 4.79 Å². The molecule has 0 saturated heterocycles. The van der Waals surface area contributed by atoms with Gasteiger partial charge in [0, 0.05) is 24.7 Å². The average Bonchev–Trinajstić information content (AvgIpc) is 3.29. The number of carboxylic acid groups (broad SMARTS) is 1. The molecular formula is C15H18ClN3O4. The molecule has 0 radical (unpaired) electrons. The van der Waals surface area contributed by atoms with Crippen molar-refractivity contribution < 1.29 is 19.5 Å². The summed E-state index contributed by atoms with van der Waals surface area (Å²) in [5.74, 6) is -1.17. The van der Waals surface area contributed by atoms with Crippen LogP contribution < -0.4 is 16.0 Å². The molecule has 1 aromatic rings. The maximum atomic E-state index is 12.0. The van der Waals surface area contributed by atoms with Crippen LogP contribution in [0.15, 0.2) is 18.2 Å². The highest BCUT2D eigenvalue weighted by molar-refractivity contribution is 6.34. The number of benzene rings is 1. The summed E-state index contributed by atoms with van der Waals surface area (Å²) < 4.78 is 0. The molecule has 1 aliphatic rings. The number of carboxylic acids is 1. The second-order valence-electron chi connectivity index (χ2n) is 5.32. The van der Waals surface area contributed by atoms with E-state index in [1.54, 1.807) is 12.1 Å². The molecule has 23 heavy (non-hydrogen) atoms. The van der Waals surface area contributed by atoms with Gasteiger partial charge in [-0.2, -0.15) is 0 Å². The Hall–Kier alpha value is -2.28. The van der Waals surface area contributed by atoms with Gasteiger partial charge in [0.2, 0.25) is 0 Å². The molecule has 0 aromatic heterocycles. The van der Waals surface area contributed by atoms with Crippen LogP contribution in [0.25, 0.3) is 0 Å². The first-order valence-electron chi connectivity index (χ1n) is 7.33. The van der Waals surface area contributed by atoms with Crippen LogP contribution in [0.3, 0.4) is 0 Å². The number of aliphatic carboxylic acids is 1. The van der Waals surface area contributed by atoms with Crippen molar-refractivity contribution in [2.24, 2.45) is 0 Å². The van der Waals surface area contributed by atoms with Crippen LogP contribution in [0.4, 0.5) is 10.5 Å². The smallest absolute Gasteiger partial charge is 0.319 e. The van der Waals surface area contributed by atoms with Crippen LogP contribution in [0.2, 0.25) is 5.02 Å². The summed E-state index contributed by atoms with van der Waals surface area (Å²) in [4.78, 5) is 34.1. The molecule has 1 saturated carbocycles. The van der Waals surface area contributed by atoms with Crippen molar-refractivity contribution in [3.05, 3.63) is 28.8 Å². The normalized spacial score (nSPS) is 13.3. The predicted molar refractivity (Wildman–Crippen MR) is 85.8 cm³/mol. The van der Waals surface area contributed by atoms with E-state index in [9.17, 15) is 14.4 Å². The van der Waals surface area contributed by atoms with Gasteiger partial charge < -0.3 is 21.1 Å². The lowest BCUT2D eigenvalue weighted by molar-refractivity contribution is -0.137. The first-order valence-corrected chi connectivity index (χ1v) is 7.70. The predicted octanol–water partition coefficient (Wildman–Crippen LogP) is 2.22. The number of hydrogen-bond donors (Lipinski definition) is 4. The number of carbonyl (C=O) groups is 3. The van der Waals surface area contributed by atoms with Gasteiger partial charge >= 0.3 is 12.0 Å².